The average Bonchev–Trinajstić information content (AvgIpc) is 3.35. The molecular formula is C26H33FN2. The van der Waals surface area contributed by atoms with Gasteiger partial charge in [-0.05, 0) is 67.6 Å². The van der Waals surface area contributed by atoms with Crippen LogP contribution in [0, 0.1) is 35.5 Å². The Morgan fingerprint density at radius 1 is 1.10 bits per heavy atom. The zero-order chi connectivity index (χ0) is 20.5. The Kier molecular flexibility index (Phi) is 5.76. The molecule has 6 atom stereocenters. The van der Waals surface area contributed by atoms with Crippen LogP contribution in [-0.4, -0.2) is 6.72 Å². The fraction of sp³-hybridized carbons (Fsp3) is 0.500. The van der Waals surface area contributed by atoms with Crippen molar-refractivity contribution in [2.24, 2.45) is 40.5 Å². The van der Waals surface area contributed by atoms with Crippen LogP contribution >= 0.6 is 0 Å². The predicted molar refractivity (Wildman–Crippen MR) is 120 cm³/mol. The van der Waals surface area contributed by atoms with E-state index in [1.54, 1.807) is 6.08 Å². The molecular weight excluding hydrogens is 359 g/mol. The van der Waals surface area contributed by atoms with Crippen LogP contribution in [0.1, 0.15) is 52.0 Å². The highest BCUT2D eigenvalue weighted by molar-refractivity contribution is 5.71. The van der Waals surface area contributed by atoms with Gasteiger partial charge in [-0.2, -0.15) is 0 Å². The van der Waals surface area contributed by atoms with Gasteiger partial charge in [0.15, 0.2) is 5.83 Å². The molecule has 2 saturated carbocycles. The lowest BCUT2D eigenvalue weighted by molar-refractivity contribution is 0.259. The number of hydrogen-bond donors (Lipinski definition) is 1. The van der Waals surface area contributed by atoms with E-state index in [0.717, 1.165) is 59.6 Å². The number of hydrogen-bond acceptors (Lipinski definition) is 2. The van der Waals surface area contributed by atoms with Crippen molar-refractivity contribution in [2.75, 3.05) is 0 Å². The van der Waals surface area contributed by atoms with Crippen LogP contribution in [-0.2, 0) is 0 Å². The van der Waals surface area contributed by atoms with Gasteiger partial charge in [0.2, 0.25) is 0 Å². The van der Waals surface area contributed by atoms with Crippen molar-refractivity contribution in [3.63, 3.8) is 0 Å². The molecule has 2 nitrogen and oxygen atoms in total. The summed E-state index contributed by atoms with van der Waals surface area (Å²) in [5.74, 6) is 4.67. The summed E-state index contributed by atoms with van der Waals surface area (Å²) >= 11 is 0. The Morgan fingerprint density at radius 2 is 1.79 bits per heavy atom. The van der Waals surface area contributed by atoms with Gasteiger partial charge < -0.3 is 5.32 Å². The smallest absolute Gasteiger partial charge is 0.151 e. The Morgan fingerprint density at radius 3 is 2.52 bits per heavy atom. The highest BCUT2D eigenvalue weighted by Gasteiger charge is 2.50. The minimum atomic E-state index is -0.337. The molecule has 0 aromatic heterocycles. The average molecular weight is 393 g/mol. The van der Waals surface area contributed by atoms with Crippen molar-refractivity contribution < 1.29 is 4.39 Å². The van der Waals surface area contributed by atoms with Gasteiger partial charge in [-0.15, -0.1) is 0 Å². The number of nitrogens with zero attached hydrogens (tertiary/aromatic N) is 1. The third-order valence-corrected chi connectivity index (χ3v) is 7.48. The Balaban J connectivity index is 1.44. The monoisotopic (exact) mass is 392 g/mol. The lowest BCUT2D eigenvalue weighted by atomic mass is 9.82. The van der Waals surface area contributed by atoms with Gasteiger partial charge in [0.05, 0.1) is 0 Å². The Hall–Kier alpha value is -2.16. The van der Waals surface area contributed by atoms with Crippen molar-refractivity contribution in [1.29, 1.82) is 0 Å². The van der Waals surface area contributed by atoms with E-state index in [9.17, 15) is 4.39 Å². The molecule has 2 fully saturated rings. The Bertz CT molecular complexity index is 851. The standard InChI is InChI=1S/C26H33FN2/c1-16-12-17(2)25-20(13-18(3)24(16)25)14-21-10-11-22(29-21)15-23(27)26(28-4)19-8-6-5-7-9-19/h5-10,15-18,20,24-25,29H,4,11-14H2,1-3H3/b22-15+,26-23+. The van der Waals surface area contributed by atoms with E-state index >= 15 is 0 Å². The van der Waals surface area contributed by atoms with Gasteiger partial charge in [0, 0.05) is 23.4 Å². The summed E-state index contributed by atoms with van der Waals surface area (Å²) in [5, 5.41) is 3.49. The topological polar surface area (TPSA) is 24.4 Å². The van der Waals surface area contributed by atoms with E-state index in [-0.39, 0.29) is 5.83 Å². The fourth-order valence-electron chi connectivity index (χ4n) is 6.57. The molecule has 0 bridgehead atoms. The summed E-state index contributed by atoms with van der Waals surface area (Å²) in [7, 11) is 0. The molecule has 29 heavy (non-hydrogen) atoms. The Labute approximate surface area is 174 Å². The normalized spacial score (nSPS) is 35.9. The first-order valence-electron chi connectivity index (χ1n) is 11.1. The number of allylic oxidation sites excluding steroid dienone is 4. The second-order valence-corrected chi connectivity index (χ2v) is 9.47. The van der Waals surface area contributed by atoms with E-state index in [2.05, 4.69) is 43.9 Å². The van der Waals surface area contributed by atoms with E-state index in [1.807, 2.05) is 30.3 Å². The molecule has 3 aliphatic rings. The number of benzene rings is 1. The molecule has 1 aromatic rings. The summed E-state index contributed by atoms with van der Waals surface area (Å²) in [4.78, 5) is 3.93. The minimum absolute atomic E-state index is 0.301. The second-order valence-electron chi connectivity index (χ2n) is 9.47. The molecule has 4 rings (SSSR count). The van der Waals surface area contributed by atoms with Crippen LogP contribution in [0.5, 0.6) is 0 Å². The van der Waals surface area contributed by atoms with Gasteiger partial charge in [0.1, 0.15) is 5.70 Å². The van der Waals surface area contributed by atoms with Crippen molar-refractivity contribution in [1.82, 2.24) is 5.32 Å². The van der Waals surface area contributed by atoms with Crippen molar-refractivity contribution in [2.45, 2.75) is 46.5 Å². The van der Waals surface area contributed by atoms with Crippen molar-refractivity contribution in [3.8, 4) is 0 Å². The molecule has 154 valence electrons. The van der Waals surface area contributed by atoms with E-state index < -0.39 is 0 Å². The highest BCUT2D eigenvalue weighted by Crippen LogP contribution is 2.57. The number of nitrogens with one attached hydrogen (secondary N) is 1. The van der Waals surface area contributed by atoms with E-state index in [1.165, 1.54) is 18.5 Å². The van der Waals surface area contributed by atoms with Gasteiger partial charge in [-0.3, -0.25) is 4.99 Å². The largest absolute Gasteiger partial charge is 0.362 e. The van der Waals surface area contributed by atoms with Crippen LogP contribution in [0.3, 0.4) is 0 Å². The fourth-order valence-corrected chi connectivity index (χ4v) is 6.57. The molecule has 3 heteroatoms. The van der Waals surface area contributed by atoms with E-state index in [4.69, 9.17) is 0 Å². The van der Waals surface area contributed by atoms with Crippen molar-refractivity contribution in [3.05, 3.63) is 65.3 Å². The first kappa shape index (κ1) is 20.1. The van der Waals surface area contributed by atoms with Gasteiger partial charge in [-0.25, -0.2) is 4.39 Å². The molecule has 0 amide bonds. The quantitative estimate of drug-likeness (QED) is 0.551. The minimum Gasteiger partial charge on any atom is -0.362 e. The number of rotatable bonds is 5. The number of aliphatic imine (C=N–C) groups is 1. The lowest BCUT2D eigenvalue weighted by Crippen LogP contribution is -2.20. The third kappa shape index (κ3) is 3.97. The van der Waals surface area contributed by atoms with Crippen molar-refractivity contribution >= 4 is 12.4 Å². The summed E-state index contributed by atoms with van der Waals surface area (Å²) in [6.45, 7) is 10.9. The molecule has 0 radical (unpaired) electrons. The maximum absolute atomic E-state index is 14.9. The maximum Gasteiger partial charge on any atom is 0.151 e. The summed E-state index contributed by atoms with van der Waals surface area (Å²) in [6.07, 6.45) is 8.38. The molecule has 6 unspecified atom stereocenters. The molecule has 0 saturated heterocycles. The predicted octanol–water partition coefficient (Wildman–Crippen LogP) is 6.74. The van der Waals surface area contributed by atoms with Crippen LogP contribution < -0.4 is 5.32 Å². The van der Waals surface area contributed by atoms with Crippen LogP contribution in [0.2, 0.25) is 0 Å². The second kappa shape index (κ2) is 8.30. The van der Waals surface area contributed by atoms with Crippen LogP contribution in [0.15, 0.2) is 64.7 Å². The summed E-state index contributed by atoms with van der Waals surface area (Å²) < 4.78 is 14.9. The number of halogens is 1. The molecule has 1 aliphatic heterocycles. The van der Waals surface area contributed by atoms with Crippen LogP contribution in [0.25, 0.3) is 5.70 Å². The lowest BCUT2D eigenvalue weighted by Gasteiger charge is -2.24. The van der Waals surface area contributed by atoms with Gasteiger partial charge in [-0.1, -0.05) is 57.2 Å². The summed E-state index contributed by atoms with van der Waals surface area (Å²) in [5.41, 5.74) is 3.22. The highest BCUT2D eigenvalue weighted by atomic mass is 19.1. The molecule has 0 spiro atoms. The molecule has 1 N–H and O–H groups in total. The van der Waals surface area contributed by atoms with Crippen LogP contribution in [0.4, 0.5) is 4.39 Å². The van der Waals surface area contributed by atoms with Gasteiger partial charge in [0.25, 0.3) is 0 Å². The van der Waals surface area contributed by atoms with Gasteiger partial charge >= 0.3 is 0 Å². The third-order valence-electron chi connectivity index (χ3n) is 7.48. The first-order valence-corrected chi connectivity index (χ1v) is 11.1. The number of fused-ring (bicyclic) bond motifs is 1. The zero-order valence-corrected chi connectivity index (χ0v) is 17.9. The summed E-state index contributed by atoms with van der Waals surface area (Å²) in [6, 6.07) is 9.39. The van der Waals surface area contributed by atoms with E-state index in [0.29, 0.717) is 5.70 Å². The first-order chi connectivity index (χ1) is 14.0. The molecule has 1 heterocycles. The SMILES string of the molecule is C=N/C(=C(F)\C=C1/CC=C(CC2CC(C)C3C(C)CC(C)C23)N1)c1ccccc1. The molecule has 2 aliphatic carbocycles. The zero-order valence-electron chi connectivity index (χ0n) is 17.9. The maximum atomic E-state index is 14.9. The molecule has 1 aromatic carbocycles.